The van der Waals surface area contributed by atoms with E-state index in [9.17, 15) is 4.21 Å². The van der Waals surface area contributed by atoms with E-state index in [0.29, 0.717) is 0 Å². The van der Waals surface area contributed by atoms with Gasteiger partial charge in [-0.1, -0.05) is 18.2 Å². The van der Waals surface area contributed by atoms with E-state index in [-0.39, 0.29) is 0 Å². The Morgan fingerprint density at radius 3 is 2.42 bits per heavy atom. The third-order valence-electron chi connectivity index (χ3n) is 1.49. The zero-order valence-electron chi connectivity index (χ0n) is 7.06. The average molecular weight is 185 g/mol. The molecule has 0 aliphatic rings. The van der Waals surface area contributed by atoms with Gasteiger partial charge in [0.25, 0.3) is 11.3 Å². The summed E-state index contributed by atoms with van der Waals surface area (Å²) in [7, 11) is 3.13. The van der Waals surface area contributed by atoms with Crippen LogP contribution in [0.2, 0.25) is 0 Å². The van der Waals surface area contributed by atoms with Crippen LogP contribution in [0.5, 0.6) is 0 Å². The van der Waals surface area contributed by atoms with Crippen LogP contribution in [0.3, 0.4) is 0 Å². The van der Waals surface area contributed by atoms with Gasteiger partial charge in [0, 0.05) is 7.05 Å². The Balaban J connectivity index is 2.78. The fourth-order valence-corrected chi connectivity index (χ4v) is 1.35. The van der Waals surface area contributed by atoms with Crippen molar-refractivity contribution < 1.29 is 8.39 Å². The van der Waals surface area contributed by atoms with Gasteiger partial charge in [0.15, 0.2) is 0 Å². The topological polar surface area (TPSA) is 29.5 Å². The van der Waals surface area contributed by atoms with Gasteiger partial charge in [0.2, 0.25) is 0 Å². The van der Waals surface area contributed by atoms with Crippen LogP contribution in [0, 0.1) is 0 Å². The Morgan fingerprint density at radius 1 is 1.33 bits per heavy atom. The standard InChI is InChI=1S/C8H11NO2S/c1-9(12(10)11-2)8-6-4-3-5-7-8/h3-7H,1-2H3. The summed E-state index contributed by atoms with van der Waals surface area (Å²) in [6, 6.07) is 9.43. The molecule has 1 aromatic rings. The van der Waals surface area contributed by atoms with Gasteiger partial charge in [-0.05, 0) is 12.1 Å². The second-order valence-corrected chi connectivity index (χ2v) is 3.53. The second kappa shape index (κ2) is 4.23. The van der Waals surface area contributed by atoms with E-state index in [4.69, 9.17) is 0 Å². The SMILES string of the molecule is COS(=O)N(C)c1ccccc1. The maximum atomic E-state index is 11.1. The Bertz CT molecular complexity index is 263. The molecule has 4 heteroatoms. The molecule has 12 heavy (non-hydrogen) atoms. The molecule has 0 bridgehead atoms. The largest absolute Gasteiger partial charge is 0.277 e. The third kappa shape index (κ3) is 2.06. The van der Waals surface area contributed by atoms with Crippen LogP contribution in [0.4, 0.5) is 5.69 Å². The van der Waals surface area contributed by atoms with E-state index < -0.39 is 11.3 Å². The molecule has 0 saturated heterocycles. The van der Waals surface area contributed by atoms with Crippen molar-refractivity contribution in [3.63, 3.8) is 0 Å². The van der Waals surface area contributed by atoms with Crippen LogP contribution >= 0.6 is 0 Å². The summed E-state index contributed by atoms with van der Waals surface area (Å²) in [6.45, 7) is 0. The lowest BCUT2D eigenvalue weighted by Gasteiger charge is -2.14. The fourth-order valence-electron chi connectivity index (χ4n) is 0.836. The fraction of sp³-hybridized carbons (Fsp3) is 0.250. The van der Waals surface area contributed by atoms with E-state index in [1.807, 2.05) is 30.3 Å². The number of anilines is 1. The zero-order chi connectivity index (χ0) is 8.97. The predicted octanol–water partition coefficient (Wildman–Crippen LogP) is 1.35. The molecule has 0 aromatic heterocycles. The number of rotatable bonds is 3. The molecular weight excluding hydrogens is 174 g/mol. The quantitative estimate of drug-likeness (QED) is 0.711. The third-order valence-corrected chi connectivity index (χ3v) is 2.43. The van der Waals surface area contributed by atoms with Crippen molar-refractivity contribution in [1.29, 1.82) is 0 Å². The van der Waals surface area contributed by atoms with Crippen LogP contribution in [0.25, 0.3) is 0 Å². The van der Waals surface area contributed by atoms with E-state index >= 15 is 0 Å². The Labute approximate surface area is 74.8 Å². The van der Waals surface area contributed by atoms with E-state index in [2.05, 4.69) is 4.18 Å². The molecule has 0 aliphatic heterocycles. The summed E-state index contributed by atoms with van der Waals surface area (Å²) < 4.78 is 17.3. The maximum absolute atomic E-state index is 11.1. The molecule has 0 radical (unpaired) electrons. The molecule has 0 aliphatic carbocycles. The number of nitrogens with zero attached hydrogens (tertiary/aromatic N) is 1. The summed E-state index contributed by atoms with van der Waals surface area (Å²) in [6.07, 6.45) is 0. The average Bonchev–Trinajstić information content (AvgIpc) is 2.17. The highest BCUT2D eigenvalue weighted by Gasteiger charge is 2.06. The van der Waals surface area contributed by atoms with Gasteiger partial charge in [0.05, 0.1) is 12.8 Å². The molecule has 0 amide bonds. The van der Waals surface area contributed by atoms with Gasteiger partial charge in [-0.2, -0.15) is 0 Å². The molecule has 1 unspecified atom stereocenters. The van der Waals surface area contributed by atoms with Gasteiger partial charge in [-0.25, -0.2) is 4.21 Å². The highest BCUT2D eigenvalue weighted by atomic mass is 32.2. The molecule has 0 heterocycles. The summed E-state index contributed by atoms with van der Waals surface area (Å²) in [5, 5.41) is 0. The molecule has 66 valence electrons. The minimum atomic E-state index is -1.39. The molecule has 0 N–H and O–H groups in total. The summed E-state index contributed by atoms with van der Waals surface area (Å²) in [5.74, 6) is 0. The Hall–Kier alpha value is -0.870. The van der Waals surface area contributed by atoms with Crippen LogP contribution < -0.4 is 4.31 Å². The lowest BCUT2D eigenvalue weighted by atomic mass is 10.3. The molecule has 3 nitrogen and oxygen atoms in total. The van der Waals surface area contributed by atoms with Crippen molar-refractivity contribution in [1.82, 2.24) is 0 Å². The predicted molar refractivity (Wildman–Crippen MR) is 50.0 cm³/mol. The van der Waals surface area contributed by atoms with Crippen molar-refractivity contribution in [3.8, 4) is 0 Å². The highest BCUT2D eigenvalue weighted by molar-refractivity contribution is 7.81. The van der Waals surface area contributed by atoms with E-state index in [1.54, 1.807) is 11.4 Å². The molecule has 1 atom stereocenters. The van der Waals surface area contributed by atoms with Crippen LogP contribution in [0.1, 0.15) is 0 Å². The highest BCUT2D eigenvalue weighted by Crippen LogP contribution is 2.12. The lowest BCUT2D eigenvalue weighted by Crippen LogP contribution is -2.20. The van der Waals surface area contributed by atoms with Crippen molar-refractivity contribution in [2.24, 2.45) is 0 Å². The molecule has 0 fully saturated rings. The lowest BCUT2D eigenvalue weighted by molar-refractivity contribution is 0.444. The first-order valence-corrected chi connectivity index (χ1v) is 4.54. The normalized spacial score (nSPS) is 12.5. The minimum Gasteiger partial charge on any atom is -0.277 e. The Kier molecular flexibility index (Phi) is 3.25. The molecular formula is C8H11NO2S. The van der Waals surface area contributed by atoms with Crippen molar-refractivity contribution in [2.75, 3.05) is 18.5 Å². The van der Waals surface area contributed by atoms with Crippen LogP contribution in [-0.4, -0.2) is 18.4 Å². The van der Waals surface area contributed by atoms with E-state index in [0.717, 1.165) is 5.69 Å². The molecule has 1 aromatic carbocycles. The summed E-state index contributed by atoms with van der Waals surface area (Å²) in [5.41, 5.74) is 0.873. The maximum Gasteiger partial charge on any atom is 0.263 e. The van der Waals surface area contributed by atoms with Crippen LogP contribution in [-0.2, 0) is 15.4 Å². The van der Waals surface area contributed by atoms with Crippen molar-refractivity contribution in [3.05, 3.63) is 30.3 Å². The van der Waals surface area contributed by atoms with Gasteiger partial charge in [0.1, 0.15) is 0 Å². The molecule has 0 spiro atoms. The molecule has 0 saturated carbocycles. The van der Waals surface area contributed by atoms with Gasteiger partial charge in [-0.3, -0.25) is 8.49 Å². The van der Waals surface area contributed by atoms with Gasteiger partial charge < -0.3 is 0 Å². The van der Waals surface area contributed by atoms with Crippen molar-refractivity contribution in [2.45, 2.75) is 0 Å². The first-order chi connectivity index (χ1) is 5.75. The zero-order valence-corrected chi connectivity index (χ0v) is 7.88. The first-order valence-electron chi connectivity index (χ1n) is 3.51. The van der Waals surface area contributed by atoms with Crippen LogP contribution in [0.15, 0.2) is 30.3 Å². The number of hydrogen-bond donors (Lipinski definition) is 0. The minimum absolute atomic E-state index is 0.873. The summed E-state index contributed by atoms with van der Waals surface area (Å²) in [4.78, 5) is 0. The summed E-state index contributed by atoms with van der Waals surface area (Å²) >= 11 is -1.39. The number of hydrogen-bond acceptors (Lipinski definition) is 2. The number of benzene rings is 1. The molecule has 1 rings (SSSR count). The Morgan fingerprint density at radius 2 is 1.92 bits per heavy atom. The van der Waals surface area contributed by atoms with Crippen molar-refractivity contribution >= 4 is 17.0 Å². The van der Waals surface area contributed by atoms with Gasteiger partial charge >= 0.3 is 0 Å². The smallest absolute Gasteiger partial charge is 0.263 e. The first kappa shape index (κ1) is 9.22. The number of para-hydroxylation sites is 1. The monoisotopic (exact) mass is 185 g/mol. The second-order valence-electron chi connectivity index (χ2n) is 2.22. The van der Waals surface area contributed by atoms with Gasteiger partial charge in [-0.15, -0.1) is 0 Å². The van der Waals surface area contributed by atoms with E-state index in [1.165, 1.54) is 7.11 Å².